The van der Waals surface area contributed by atoms with E-state index >= 15 is 0 Å². The summed E-state index contributed by atoms with van der Waals surface area (Å²) in [6, 6.07) is 17.8. The van der Waals surface area contributed by atoms with E-state index in [9.17, 15) is 18.0 Å². The molecule has 0 aliphatic carbocycles. The van der Waals surface area contributed by atoms with Crippen LogP contribution in [-0.4, -0.2) is 43.8 Å². The first-order valence-corrected chi connectivity index (χ1v) is 14.3. The molecule has 2 amide bonds. The molecule has 3 aromatic rings. The van der Waals surface area contributed by atoms with Gasteiger partial charge in [-0.05, 0) is 62.7 Å². The summed E-state index contributed by atoms with van der Waals surface area (Å²) in [5.41, 5.74) is 0.680. The van der Waals surface area contributed by atoms with Crippen molar-refractivity contribution >= 4 is 62.3 Å². The summed E-state index contributed by atoms with van der Waals surface area (Å²) >= 11 is 18.8. The average molecular weight is 597 g/mol. The molecular weight excluding hydrogens is 569 g/mol. The normalized spacial score (nSPS) is 12.2. The van der Waals surface area contributed by atoms with Crippen molar-refractivity contribution in [3.63, 3.8) is 0 Å². The molecule has 1 atom stereocenters. The Bertz CT molecular complexity index is 1400. The highest BCUT2D eigenvalue weighted by Gasteiger charge is 2.33. The third kappa shape index (κ3) is 7.20. The molecule has 3 rings (SSSR count). The summed E-state index contributed by atoms with van der Waals surface area (Å²) in [5.74, 6) is -1.02. The predicted molar refractivity (Wildman–Crippen MR) is 152 cm³/mol. The van der Waals surface area contributed by atoms with Gasteiger partial charge in [-0.25, -0.2) is 8.42 Å². The van der Waals surface area contributed by atoms with E-state index in [1.807, 2.05) is 0 Å². The largest absolute Gasteiger partial charge is 0.352 e. The Morgan fingerprint density at radius 3 is 2.11 bits per heavy atom. The Labute approximate surface area is 238 Å². The number of sulfonamides is 1. The molecular formula is C27H28Cl3N3O4S. The fourth-order valence-electron chi connectivity index (χ4n) is 3.71. The highest BCUT2D eigenvalue weighted by Crippen LogP contribution is 2.31. The summed E-state index contributed by atoms with van der Waals surface area (Å²) in [6.07, 6.45) is 0. The van der Waals surface area contributed by atoms with Crippen LogP contribution in [0.25, 0.3) is 0 Å². The fourth-order valence-corrected chi connectivity index (χ4v) is 5.92. The van der Waals surface area contributed by atoms with E-state index in [2.05, 4.69) is 5.32 Å². The number of carbonyl (C=O) groups excluding carboxylic acids is 2. The molecule has 11 heteroatoms. The van der Waals surface area contributed by atoms with Crippen LogP contribution >= 0.6 is 34.8 Å². The van der Waals surface area contributed by atoms with Crippen molar-refractivity contribution in [3.8, 4) is 0 Å². The molecule has 0 aromatic heterocycles. The van der Waals surface area contributed by atoms with Gasteiger partial charge in [-0.1, -0.05) is 71.2 Å². The summed E-state index contributed by atoms with van der Waals surface area (Å²) in [4.78, 5) is 28.1. The van der Waals surface area contributed by atoms with Crippen molar-refractivity contribution in [2.24, 2.45) is 0 Å². The Hall–Kier alpha value is -2.78. The van der Waals surface area contributed by atoms with Gasteiger partial charge in [0.1, 0.15) is 12.6 Å². The van der Waals surface area contributed by atoms with Crippen LogP contribution in [0.3, 0.4) is 0 Å². The number of halogens is 3. The molecule has 0 saturated heterocycles. The maximum Gasteiger partial charge on any atom is 0.264 e. The lowest BCUT2D eigenvalue weighted by Gasteiger charge is -2.32. The van der Waals surface area contributed by atoms with Gasteiger partial charge in [0.25, 0.3) is 10.0 Å². The van der Waals surface area contributed by atoms with Crippen molar-refractivity contribution in [3.05, 3.63) is 93.4 Å². The van der Waals surface area contributed by atoms with E-state index in [-0.39, 0.29) is 28.2 Å². The number of nitrogens with one attached hydrogen (secondary N) is 1. The van der Waals surface area contributed by atoms with Crippen LogP contribution in [0.15, 0.2) is 77.7 Å². The zero-order chi connectivity index (χ0) is 28.0. The van der Waals surface area contributed by atoms with Gasteiger partial charge < -0.3 is 10.2 Å². The highest BCUT2D eigenvalue weighted by atomic mass is 35.5. The molecule has 0 fully saturated rings. The third-order valence-corrected chi connectivity index (χ3v) is 8.37. The van der Waals surface area contributed by atoms with Gasteiger partial charge >= 0.3 is 0 Å². The van der Waals surface area contributed by atoms with Crippen molar-refractivity contribution in [1.82, 2.24) is 10.2 Å². The minimum absolute atomic E-state index is 0.00869. The molecule has 38 heavy (non-hydrogen) atoms. The second-order valence-corrected chi connectivity index (χ2v) is 12.0. The zero-order valence-electron chi connectivity index (χ0n) is 21.1. The topological polar surface area (TPSA) is 86.8 Å². The number of nitrogens with zero attached hydrogens (tertiary/aromatic N) is 2. The summed E-state index contributed by atoms with van der Waals surface area (Å²) < 4.78 is 28.4. The van der Waals surface area contributed by atoms with Crippen LogP contribution in [0, 0.1) is 0 Å². The minimum atomic E-state index is -4.20. The lowest BCUT2D eigenvalue weighted by Crippen LogP contribution is -2.52. The van der Waals surface area contributed by atoms with Gasteiger partial charge in [0, 0.05) is 22.6 Å². The first kappa shape index (κ1) is 29.8. The van der Waals surface area contributed by atoms with E-state index in [4.69, 9.17) is 34.8 Å². The number of benzene rings is 3. The van der Waals surface area contributed by atoms with Gasteiger partial charge in [-0.3, -0.25) is 13.9 Å². The van der Waals surface area contributed by atoms with E-state index in [1.165, 1.54) is 29.2 Å². The lowest BCUT2D eigenvalue weighted by atomic mass is 10.1. The van der Waals surface area contributed by atoms with E-state index in [0.29, 0.717) is 15.6 Å². The van der Waals surface area contributed by atoms with Gasteiger partial charge in [-0.2, -0.15) is 0 Å². The Morgan fingerprint density at radius 1 is 0.868 bits per heavy atom. The molecule has 0 unspecified atom stereocenters. The molecule has 0 spiro atoms. The maximum absolute atomic E-state index is 13.9. The van der Waals surface area contributed by atoms with Crippen LogP contribution in [-0.2, 0) is 26.2 Å². The number of anilines is 1. The predicted octanol–water partition coefficient (Wildman–Crippen LogP) is 5.78. The molecule has 0 heterocycles. The SMILES string of the molecule is CC(C)NC(=O)[C@H](C)N(Cc1ccc(Cl)cc1Cl)C(=O)CN(c1ccccc1Cl)S(=O)(=O)c1ccccc1. The monoisotopic (exact) mass is 595 g/mol. The molecule has 0 aliphatic rings. The number of hydrogen-bond acceptors (Lipinski definition) is 4. The average Bonchev–Trinajstić information content (AvgIpc) is 2.87. The first-order valence-electron chi connectivity index (χ1n) is 11.8. The van der Waals surface area contributed by atoms with Crippen LogP contribution in [0.1, 0.15) is 26.3 Å². The molecule has 7 nitrogen and oxygen atoms in total. The second kappa shape index (κ2) is 12.8. The Kier molecular flexibility index (Phi) is 10.1. The maximum atomic E-state index is 13.9. The number of rotatable bonds is 10. The van der Waals surface area contributed by atoms with Crippen molar-refractivity contribution in [2.75, 3.05) is 10.8 Å². The smallest absolute Gasteiger partial charge is 0.264 e. The molecule has 0 aliphatic heterocycles. The highest BCUT2D eigenvalue weighted by molar-refractivity contribution is 7.92. The van der Waals surface area contributed by atoms with E-state index in [1.54, 1.807) is 69.3 Å². The molecule has 0 saturated carbocycles. The van der Waals surface area contributed by atoms with Crippen LogP contribution in [0.4, 0.5) is 5.69 Å². The number of hydrogen-bond donors (Lipinski definition) is 1. The van der Waals surface area contributed by atoms with Gasteiger partial charge in [-0.15, -0.1) is 0 Å². The summed E-state index contributed by atoms with van der Waals surface area (Å²) in [5, 5.41) is 3.68. The van der Waals surface area contributed by atoms with Crippen LogP contribution < -0.4 is 9.62 Å². The summed E-state index contributed by atoms with van der Waals surface area (Å²) in [7, 11) is -4.20. The van der Waals surface area contributed by atoms with E-state index in [0.717, 1.165) is 4.31 Å². The van der Waals surface area contributed by atoms with Gasteiger partial charge in [0.05, 0.1) is 15.6 Å². The molecule has 202 valence electrons. The zero-order valence-corrected chi connectivity index (χ0v) is 24.2. The van der Waals surface area contributed by atoms with Gasteiger partial charge in [0.2, 0.25) is 11.8 Å². The number of carbonyl (C=O) groups is 2. The standard InChI is InChI=1S/C27H28Cl3N3O4S/c1-18(2)31-27(35)19(3)32(16-20-13-14-21(28)15-24(20)30)26(34)17-33(25-12-8-7-11-23(25)29)38(36,37)22-9-5-4-6-10-22/h4-15,18-19H,16-17H2,1-3H3,(H,31,35)/t19-/m0/s1. The summed E-state index contributed by atoms with van der Waals surface area (Å²) in [6.45, 7) is 4.52. The number of amides is 2. The first-order chi connectivity index (χ1) is 17.9. The molecule has 0 radical (unpaired) electrons. The fraction of sp³-hybridized carbons (Fsp3) is 0.259. The quantitative estimate of drug-likeness (QED) is 0.321. The van der Waals surface area contributed by atoms with Crippen LogP contribution in [0.2, 0.25) is 15.1 Å². The molecule has 1 N–H and O–H groups in total. The van der Waals surface area contributed by atoms with Crippen molar-refractivity contribution in [2.45, 2.75) is 44.3 Å². The lowest BCUT2D eigenvalue weighted by molar-refractivity contribution is -0.139. The molecule has 3 aromatic carbocycles. The Balaban J connectivity index is 2.05. The van der Waals surface area contributed by atoms with Crippen LogP contribution in [0.5, 0.6) is 0 Å². The minimum Gasteiger partial charge on any atom is -0.352 e. The Morgan fingerprint density at radius 2 is 1.50 bits per heavy atom. The van der Waals surface area contributed by atoms with Gasteiger partial charge in [0.15, 0.2) is 0 Å². The number of para-hydroxylation sites is 1. The second-order valence-electron chi connectivity index (χ2n) is 8.87. The third-order valence-electron chi connectivity index (χ3n) is 5.69. The van der Waals surface area contributed by atoms with Crippen molar-refractivity contribution in [1.29, 1.82) is 0 Å². The molecule has 0 bridgehead atoms. The van der Waals surface area contributed by atoms with E-state index < -0.39 is 34.4 Å². The van der Waals surface area contributed by atoms with Crippen molar-refractivity contribution < 1.29 is 18.0 Å².